The van der Waals surface area contributed by atoms with Crippen molar-refractivity contribution in [3.8, 4) is 0 Å². The molecule has 22 heavy (non-hydrogen) atoms. The molecule has 0 unspecified atom stereocenters. The van der Waals surface area contributed by atoms with E-state index in [-0.39, 0.29) is 22.1 Å². The molecule has 0 radical (unpaired) electrons. The predicted molar refractivity (Wildman–Crippen MR) is 81.6 cm³/mol. The third kappa shape index (κ3) is 4.20. The van der Waals surface area contributed by atoms with E-state index in [0.29, 0.717) is 6.42 Å². The van der Waals surface area contributed by atoms with Gasteiger partial charge in [-0.15, -0.1) is 0 Å². The van der Waals surface area contributed by atoms with E-state index in [4.69, 9.17) is 16.3 Å². The van der Waals surface area contributed by atoms with Crippen molar-refractivity contribution >= 4 is 33.3 Å². The van der Waals surface area contributed by atoms with E-state index in [1.807, 2.05) is 0 Å². The molecule has 2 rings (SSSR count). The predicted octanol–water partition coefficient (Wildman–Crippen LogP) is 1.19. The average Bonchev–Trinajstić information content (AvgIpc) is 2.70. The highest BCUT2D eigenvalue weighted by Crippen LogP contribution is 2.22. The van der Waals surface area contributed by atoms with Crippen LogP contribution in [0.4, 0.5) is 0 Å². The molecule has 0 saturated carbocycles. The number of amides is 1. The van der Waals surface area contributed by atoms with Gasteiger partial charge in [-0.2, -0.15) is 0 Å². The Morgan fingerprint density at radius 3 is 2.64 bits per heavy atom. The molecule has 0 spiro atoms. The summed E-state index contributed by atoms with van der Waals surface area (Å²) in [5.74, 6) is -1.31. The molecule has 0 bridgehead atoms. The van der Waals surface area contributed by atoms with Gasteiger partial charge < -0.3 is 10.1 Å². The SMILES string of the molecule is C[C@@]1(NC(=O)COC(=O)c2ccccc2Cl)CCS(=O)(=O)C1. The molecule has 6 nitrogen and oxygen atoms in total. The van der Waals surface area contributed by atoms with Crippen LogP contribution < -0.4 is 5.32 Å². The number of sulfone groups is 1. The van der Waals surface area contributed by atoms with Crippen molar-refractivity contribution < 1.29 is 22.7 Å². The van der Waals surface area contributed by atoms with Gasteiger partial charge in [-0.05, 0) is 25.5 Å². The third-order valence-electron chi connectivity index (χ3n) is 3.37. The number of hydrogen-bond donors (Lipinski definition) is 1. The van der Waals surface area contributed by atoms with Gasteiger partial charge in [0.15, 0.2) is 16.4 Å². The maximum Gasteiger partial charge on any atom is 0.340 e. The summed E-state index contributed by atoms with van der Waals surface area (Å²) in [4.78, 5) is 23.6. The monoisotopic (exact) mass is 345 g/mol. The summed E-state index contributed by atoms with van der Waals surface area (Å²) in [5, 5.41) is 2.84. The summed E-state index contributed by atoms with van der Waals surface area (Å²) in [6.45, 7) is 1.17. The van der Waals surface area contributed by atoms with Crippen LogP contribution in [0.15, 0.2) is 24.3 Å². The second-order valence-electron chi connectivity index (χ2n) is 5.51. The highest BCUT2D eigenvalue weighted by Gasteiger charge is 2.39. The van der Waals surface area contributed by atoms with Gasteiger partial charge in [-0.1, -0.05) is 23.7 Å². The standard InChI is InChI=1S/C14H16ClNO5S/c1-14(6-7-22(19,20)9-14)16-12(17)8-21-13(18)10-4-2-3-5-11(10)15/h2-5H,6-9H2,1H3,(H,16,17)/t14-/m1/s1. The summed E-state index contributed by atoms with van der Waals surface area (Å²) in [6.07, 6.45) is 0.347. The lowest BCUT2D eigenvalue weighted by Crippen LogP contribution is -2.48. The summed E-state index contributed by atoms with van der Waals surface area (Å²) >= 11 is 5.86. The maximum absolute atomic E-state index is 11.8. The molecule has 1 atom stereocenters. The molecule has 1 N–H and O–H groups in total. The van der Waals surface area contributed by atoms with E-state index in [1.54, 1.807) is 25.1 Å². The van der Waals surface area contributed by atoms with E-state index in [1.165, 1.54) is 6.07 Å². The molecule has 120 valence electrons. The fourth-order valence-corrected chi connectivity index (χ4v) is 4.62. The number of benzene rings is 1. The molecule has 1 heterocycles. The first-order valence-electron chi connectivity index (χ1n) is 6.64. The third-order valence-corrected chi connectivity index (χ3v) is 5.61. The van der Waals surface area contributed by atoms with Crippen molar-refractivity contribution in [1.82, 2.24) is 5.32 Å². The zero-order valence-corrected chi connectivity index (χ0v) is 13.5. The number of nitrogens with one attached hydrogen (secondary N) is 1. The Kier molecular flexibility index (Phi) is 4.77. The second-order valence-corrected chi connectivity index (χ2v) is 8.10. The van der Waals surface area contributed by atoms with Crippen molar-refractivity contribution in [3.05, 3.63) is 34.9 Å². The zero-order valence-electron chi connectivity index (χ0n) is 12.0. The molecule has 0 aromatic heterocycles. The lowest BCUT2D eigenvalue weighted by Gasteiger charge is -2.23. The number of rotatable bonds is 4. The van der Waals surface area contributed by atoms with Gasteiger partial charge in [0.05, 0.1) is 27.6 Å². The van der Waals surface area contributed by atoms with Crippen molar-refractivity contribution in [1.29, 1.82) is 0 Å². The van der Waals surface area contributed by atoms with Crippen LogP contribution >= 0.6 is 11.6 Å². The Morgan fingerprint density at radius 2 is 2.05 bits per heavy atom. The summed E-state index contributed by atoms with van der Waals surface area (Å²) < 4.78 is 27.8. The van der Waals surface area contributed by atoms with Crippen LogP contribution in [-0.2, 0) is 19.4 Å². The van der Waals surface area contributed by atoms with Gasteiger partial charge in [0, 0.05) is 0 Å². The second kappa shape index (κ2) is 6.26. The minimum Gasteiger partial charge on any atom is -0.452 e. The van der Waals surface area contributed by atoms with E-state index in [0.717, 1.165) is 0 Å². The van der Waals surface area contributed by atoms with Crippen LogP contribution in [0.25, 0.3) is 0 Å². The normalized spacial score (nSPS) is 23.0. The van der Waals surface area contributed by atoms with Crippen molar-refractivity contribution in [2.45, 2.75) is 18.9 Å². The first kappa shape index (κ1) is 16.8. The van der Waals surface area contributed by atoms with E-state index < -0.39 is 33.9 Å². The van der Waals surface area contributed by atoms with Crippen molar-refractivity contribution in [2.24, 2.45) is 0 Å². The molecular formula is C14H16ClNO5S. The van der Waals surface area contributed by atoms with Crippen LogP contribution in [-0.4, -0.2) is 43.9 Å². The molecular weight excluding hydrogens is 330 g/mol. The lowest BCUT2D eigenvalue weighted by molar-refractivity contribution is -0.125. The highest BCUT2D eigenvalue weighted by atomic mass is 35.5. The minimum atomic E-state index is -3.12. The molecule has 1 aliphatic heterocycles. The van der Waals surface area contributed by atoms with Crippen LogP contribution in [0.2, 0.25) is 5.02 Å². The molecule has 1 fully saturated rings. The Labute approximate surface area is 133 Å². The van der Waals surface area contributed by atoms with Crippen molar-refractivity contribution in [2.75, 3.05) is 18.1 Å². The summed E-state index contributed by atoms with van der Waals surface area (Å²) in [6, 6.07) is 6.34. The topological polar surface area (TPSA) is 89.5 Å². The zero-order chi connectivity index (χ0) is 16.4. The van der Waals surface area contributed by atoms with E-state index >= 15 is 0 Å². The number of carbonyl (C=O) groups is 2. The van der Waals surface area contributed by atoms with E-state index in [2.05, 4.69) is 5.32 Å². The molecule has 1 aliphatic rings. The molecule has 1 aromatic rings. The Bertz CT molecular complexity index is 703. The van der Waals surface area contributed by atoms with Gasteiger partial charge in [0.2, 0.25) is 0 Å². The molecule has 0 aliphatic carbocycles. The first-order chi connectivity index (χ1) is 10.2. The van der Waals surface area contributed by atoms with Gasteiger partial charge in [-0.25, -0.2) is 13.2 Å². The van der Waals surface area contributed by atoms with E-state index in [9.17, 15) is 18.0 Å². The highest BCUT2D eigenvalue weighted by molar-refractivity contribution is 7.91. The molecule has 1 saturated heterocycles. The minimum absolute atomic E-state index is 0.0448. The van der Waals surface area contributed by atoms with Crippen molar-refractivity contribution in [3.63, 3.8) is 0 Å². The Hall–Kier alpha value is -1.60. The smallest absolute Gasteiger partial charge is 0.340 e. The van der Waals surface area contributed by atoms with Crippen LogP contribution in [0.3, 0.4) is 0 Å². The Morgan fingerprint density at radius 1 is 1.36 bits per heavy atom. The molecule has 8 heteroatoms. The van der Waals surface area contributed by atoms with Crippen LogP contribution in [0, 0.1) is 0 Å². The largest absolute Gasteiger partial charge is 0.452 e. The first-order valence-corrected chi connectivity index (χ1v) is 8.84. The number of carbonyl (C=O) groups excluding carboxylic acids is 2. The lowest BCUT2D eigenvalue weighted by atomic mass is 10.0. The van der Waals surface area contributed by atoms with Gasteiger partial charge in [-0.3, -0.25) is 4.79 Å². The fourth-order valence-electron chi connectivity index (χ4n) is 2.32. The van der Waals surface area contributed by atoms with Gasteiger partial charge in [0.25, 0.3) is 5.91 Å². The fraction of sp³-hybridized carbons (Fsp3) is 0.429. The molecule has 1 amide bonds. The van der Waals surface area contributed by atoms with Gasteiger partial charge >= 0.3 is 5.97 Å². The van der Waals surface area contributed by atoms with Crippen LogP contribution in [0.1, 0.15) is 23.7 Å². The number of esters is 1. The number of halogens is 1. The Balaban J connectivity index is 1.89. The number of hydrogen-bond acceptors (Lipinski definition) is 5. The quantitative estimate of drug-likeness (QED) is 0.828. The molecule has 1 aromatic carbocycles. The maximum atomic E-state index is 11.8. The average molecular weight is 346 g/mol. The van der Waals surface area contributed by atoms with Gasteiger partial charge in [0.1, 0.15) is 0 Å². The summed E-state index contributed by atoms with van der Waals surface area (Å²) in [7, 11) is -3.12. The summed E-state index contributed by atoms with van der Waals surface area (Å²) in [5.41, 5.74) is -0.640. The van der Waals surface area contributed by atoms with Crippen LogP contribution in [0.5, 0.6) is 0 Å². The number of ether oxygens (including phenoxy) is 1.